The number of hydrogen-bond donors (Lipinski definition) is 1. The number of imidazole rings is 2. The smallest absolute Gasteiger partial charge is 0.159 e. The molecular formula is C14H16N4O. The first-order chi connectivity index (χ1) is 9.29. The van der Waals surface area contributed by atoms with Gasteiger partial charge in [-0.2, -0.15) is 0 Å². The molecular weight excluding hydrogens is 240 g/mol. The van der Waals surface area contributed by atoms with Gasteiger partial charge in [0, 0.05) is 13.7 Å². The number of nitrogens with zero attached hydrogens (tertiary/aromatic N) is 3. The van der Waals surface area contributed by atoms with Gasteiger partial charge in [-0.05, 0) is 19.1 Å². The molecule has 0 amide bonds. The molecule has 0 unspecified atom stereocenters. The molecule has 1 aromatic carbocycles. The van der Waals surface area contributed by atoms with E-state index in [0.717, 1.165) is 34.9 Å². The minimum atomic E-state index is 0.653. The average molecular weight is 256 g/mol. The highest BCUT2D eigenvalue weighted by Crippen LogP contribution is 2.23. The van der Waals surface area contributed by atoms with Gasteiger partial charge >= 0.3 is 0 Å². The van der Waals surface area contributed by atoms with Crippen LogP contribution < -0.4 is 0 Å². The molecule has 0 saturated heterocycles. The molecule has 0 saturated carbocycles. The number of para-hydroxylation sites is 2. The Labute approximate surface area is 111 Å². The maximum atomic E-state index is 5.19. The summed E-state index contributed by atoms with van der Waals surface area (Å²) < 4.78 is 7.34. The molecule has 5 heteroatoms. The predicted octanol–water partition coefficient (Wildman–Crippen LogP) is 2.38. The summed E-state index contributed by atoms with van der Waals surface area (Å²) in [4.78, 5) is 12.2. The van der Waals surface area contributed by atoms with E-state index in [4.69, 9.17) is 4.74 Å². The summed E-state index contributed by atoms with van der Waals surface area (Å²) in [5.74, 6) is 1.79. The summed E-state index contributed by atoms with van der Waals surface area (Å²) in [6.45, 7) is 3.36. The average Bonchev–Trinajstić information content (AvgIpc) is 3.00. The fourth-order valence-electron chi connectivity index (χ4n) is 2.22. The molecule has 2 aromatic heterocycles. The molecule has 0 bridgehead atoms. The molecule has 0 fully saturated rings. The highest BCUT2D eigenvalue weighted by atomic mass is 16.5. The van der Waals surface area contributed by atoms with Crippen molar-refractivity contribution in [3.63, 3.8) is 0 Å². The van der Waals surface area contributed by atoms with Gasteiger partial charge in [-0.1, -0.05) is 12.1 Å². The van der Waals surface area contributed by atoms with E-state index in [1.807, 2.05) is 31.3 Å². The van der Waals surface area contributed by atoms with E-state index >= 15 is 0 Å². The topological polar surface area (TPSA) is 55.7 Å². The molecule has 0 aliphatic rings. The molecule has 98 valence electrons. The van der Waals surface area contributed by atoms with Crippen LogP contribution in [0.3, 0.4) is 0 Å². The van der Waals surface area contributed by atoms with Crippen LogP contribution in [0, 0.1) is 6.92 Å². The first-order valence-corrected chi connectivity index (χ1v) is 6.26. The van der Waals surface area contributed by atoms with Crippen LogP contribution in [0.25, 0.3) is 22.6 Å². The number of ether oxygens (including phenoxy) is 1. The maximum absolute atomic E-state index is 5.19. The van der Waals surface area contributed by atoms with E-state index in [2.05, 4.69) is 25.6 Å². The Morgan fingerprint density at radius 3 is 2.89 bits per heavy atom. The molecule has 2 heterocycles. The fourth-order valence-corrected chi connectivity index (χ4v) is 2.22. The van der Waals surface area contributed by atoms with Crippen molar-refractivity contribution in [2.45, 2.75) is 13.5 Å². The standard InChI is InChI=1S/C14H16N4O/c1-10-15-9-12(16-10)14-17-11-5-3-4-6-13(11)18(14)7-8-19-2/h3-6,9H,7-8H2,1-2H3,(H,15,16). The highest BCUT2D eigenvalue weighted by molar-refractivity contribution is 5.79. The predicted molar refractivity (Wildman–Crippen MR) is 73.9 cm³/mol. The molecule has 1 N–H and O–H groups in total. The Kier molecular flexibility index (Phi) is 3.05. The zero-order valence-electron chi connectivity index (χ0n) is 11.1. The van der Waals surface area contributed by atoms with Crippen molar-refractivity contribution in [2.24, 2.45) is 0 Å². The van der Waals surface area contributed by atoms with Gasteiger partial charge < -0.3 is 14.3 Å². The Hall–Kier alpha value is -2.14. The van der Waals surface area contributed by atoms with Crippen LogP contribution in [0.15, 0.2) is 30.5 Å². The van der Waals surface area contributed by atoms with Crippen molar-refractivity contribution < 1.29 is 4.74 Å². The minimum absolute atomic E-state index is 0.653. The molecule has 3 rings (SSSR count). The van der Waals surface area contributed by atoms with Crippen molar-refractivity contribution in [1.82, 2.24) is 19.5 Å². The van der Waals surface area contributed by atoms with Crippen LogP contribution in [0.2, 0.25) is 0 Å². The molecule has 5 nitrogen and oxygen atoms in total. The van der Waals surface area contributed by atoms with E-state index in [1.165, 1.54) is 0 Å². The number of benzene rings is 1. The maximum Gasteiger partial charge on any atom is 0.159 e. The zero-order chi connectivity index (χ0) is 13.2. The van der Waals surface area contributed by atoms with E-state index in [1.54, 1.807) is 7.11 Å². The van der Waals surface area contributed by atoms with Crippen LogP contribution in [-0.4, -0.2) is 33.2 Å². The van der Waals surface area contributed by atoms with Crippen molar-refractivity contribution in [3.8, 4) is 11.5 Å². The Bertz CT molecular complexity index is 698. The number of nitrogens with one attached hydrogen (secondary N) is 1. The number of aromatic nitrogens is 4. The number of aromatic amines is 1. The van der Waals surface area contributed by atoms with Crippen LogP contribution in [0.5, 0.6) is 0 Å². The molecule has 0 aliphatic carbocycles. The molecule has 19 heavy (non-hydrogen) atoms. The Morgan fingerprint density at radius 2 is 2.16 bits per heavy atom. The molecule has 0 spiro atoms. The summed E-state index contributed by atoms with van der Waals surface area (Å²) in [7, 11) is 1.71. The van der Waals surface area contributed by atoms with E-state index in [-0.39, 0.29) is 0 Å². The molecule has 0 radical (unpaired) electrons. The van der Waals surface area contributed by atoms with E-state index in [9.17, 15) is 0 Å². The second kappa shape index (κ2) is 4.85. The third-order valence-electron chi connectivity index (χ3n) is 3.12. The lowest BCUT2D eigenvalue weighted by Gasteiger charge is -2.07. The van der Waals surface area contributed by atoms with Crippen LogP contribution in [0.1, 0.15) is 5.82 Å². The Balaban J connectivity index is 2.16. The van der Waals surface area contributed by atoms with Gasteiger partial charge in [0.15, 0.2) is 5.82 Å². The van der Waals surface area contributed by atoms with Gasteiger partial charge in [0.1, 0.15) is 11.5 Å². The largest absolute Gasteiger partial charge is 0.383 e. The Morgan fingerprint density at radius 1 is 1.32 bits per heavy atom. The van der Waals surface area contributed by atoms with Crippen molar-refractivity contribution in [2.75, 3.05) is 13.7 Å². The summed E-state index contributed by atoms with van der Waals surface area (Å²) in [5.41, 5.74) is 3.03. The van der Waals surface area contributed by atoms with Crippen LogP contribution >= 0.6 is 0 Å². The second-order valence-corrected chi connectivity index (χ2v) is 4.45. The number of aryl methyl sites for hydroxylation is 1. The summed E-state index contributed by atoms with van der Waals surface area (Å²) >= 11 is 0. The van der Waals surface area contributed by atoms with Crippen LogP contribution in [-0.2, 0) is 11.3 Å². The number of rotatable bonds is 4. The van der Waals surface area contributed by atoms with Crippen molar-refractivity contribution in [3.05, 3.63) is 36.3 Å². The van der Waals surface area contributed by atoms with Crippen molar-refractivity contribution in [1.29, 1.82) is 0 Å². The minimum Gasteiger partial charge on any atom is -0.383 e. The van der Waals surface area contributed by atoms with E-state index in [0.29, 0.717) is 6.61 Å². The highest BCUT2D eigenvalue weighted by Gasteiger charge is 2.13. The van der Waals surface area contributed by atoms with Crippen molar-refractivity contribution >= 4 is 11.0 Å². The number of fused-ring (bicyclic) bond motifs is 1. The monoisotopic (exact) mass is 256 g/mol. The third kappa shape index (κ3) is 2.13. The first kappa shape index (κ1) is 11.9. The fraction of sp³-hybridized carbons (Fsp3) is 0.286. The van der Waals surface area contributed by atoms with Gasteiger partial charge in [0.05, 0.1) is 23.8 Å². The van der Waals surface area contributed by atoms with Gasteiger partial charge in [-0.3, -0.25) is 0 Å². The summed E-state index contributed by atoms with van der Waals surface area (Å²) in [6.07, 6.45) is 1.82. The van der Waals surface area contributed by atoms with Gasteiger partial charge in [-0.15, -0.1) is 0 Å². The summed E-state index contributed by atoms with van der Waals surface area (Å²) in [6, 6.07) is 8.11. The zero-order valence-corrected chi connectivity index (χ0v) is 11.1. The second-order valence-electron chi connectivity index (χ2n) is 4.45. The lowest BCUT2D eigenvalue weighted by atomic mass is 10.3. The molecule has 0 aliphatic heterocycles. The van der Waals surface area contributed by atoms with Crippen LogP contribution in [0.4, 0.5) is 0 Å². The quantitative estimate of drug-likeness (QED) is 0.779. The van der Waals surface area contributed by atoms with E-state index < -0.39 is 0 Å². The van der Waals surface area contributed by atoms with Gasteiger partial charge in [0.2, 0.25) is 0 Å². The van der Waals surface area contributed by atoms with Gasteiger partial charge in [-0.25, -0.2) is 9.97 Å². The summed E-state index contributed by atoms with van der Waals surface area (Å²) in [5, 5.41) is 0. The number of H-pyrrole nitrogens is 1. The lowest BCUT2D eigenvalue weighted by Crippen LogP contribution is -2.06. The number of methoxy groups -OCH3 is 1. The third-order valence-corrected chi connectivity index (χ3v) is 3.12. The number of hydrogen-bond acceptors (Lipinski definition) is 3. The molecule has 0 atom stereocenters. The molecule has 3 aromatic rings. The SMILES string of the molecule is COCCn1c(-c2cnc(C)[nH]2)nc2ccccc21. The van der Waals surface area contributed by atoms with Gasteiger partial charge in [0.25, 0.3) is 0 Å². The normalized spacial score (nSPS) is 11.3. The first-order valence-electron chi connectivity index (χ1n) is 6.26. The lowest BCUT2D eigenvalue weighted by molar-refractivity contribution is 0.188.